The lowest BCUT2D eigenvalue weighted by Gasteiger charge is -2.27. The fraction of sp³-hybridized carbons (Fsp3) is 0.958. The van der Waals surface area contributed by atoms with Crippen molar-refractivity contribution in [2.45, 2.75) is 124 Å². The van der Waals surface area contributed by atoms with E-state index in [-0.39, 0.29) is 5.92 Å². The van der Waals surface area contributed by atoms with E-state index < -0.39 is 0 Å². The number of carbonyl (C=O) groups is 1. The molecule has 0 fully saturated rings. The Bertz CT molecular complexity index is 312. The third-order valence-electron chi connectivity index (χ3n) is 5.65. The highest BCUT2D eigenvalue weighted by Gasteiger charge is 2.22. The number of hydrogen-bond acceptors (Lipinski definition) is 2. The molecule has 0 radical (unpaired) electrons. The van der Waals surface area contributed by atoms with Crippen LogP contribution in [-0.4, -0.2) is 30.4 Å². The van der Waals surface area contributed by atoms with Crippen molar-refractivity contribution in [2.75, 3.05) is 19.6 Å². The molecule has 3 heteroatoms. The Morgan fingerprint density at radius 1 is 0.667 bits per heavy atom. The van der Waals surface area contributed by atoms with Crippen LogP contribution in [0.5, 0.6) is 0 Å². The zero-order valence-electron chi connectivity index (χ0n) is 18.9. The van der Waals surface area contributed by atoms with Gasteiger partial charge in [-0.05, 0) is 32.2 Å². The first-order valence-corrected chi connectivity index (χ1v) is 12.2. The quantitative estimate of drug-likeness (QED) is 0.238. The summed E-state index contributed by atoms with van der Waals surface area (Å²) in [6.07, 6.45) is 19.9. The van der Waals surface area contributed by atoms with Crippen LogP contribution in [0.3, 0.4) is 0 Å². The maximum Gasteiger partial charge on any atom is 0.225 e. The fourth-order valence-corrected chi connectivity index (χ4v) is 3.76. The molecular formula is C24H50N2O. The van der Waals surface area contributed by atoms with Crippen molar-refractivity contribution >= 4 is 5.91 Å². The largest absolute Gasteiger partial charge is 0.342 e. The zero-order chi connectivity index (χ0) is 20.2. The zero-order valence-corrected chi connectivity index (χ0v) is 18.9. The minimum Gasteiger partial charge on any atom is -0.342 e. The number of nitrogens with two attached hydrogens (primary N) is 1. The monoisotopic (exact) mass is 382 g/mol. The molecule has 0 spiro atoms. The Hall–Kier alpha value is -0.570. The molecule has 0 saturated carbocycles. The van der Waals surface area contributed by atoms with E-state index in [1.54, 1.807) is 0 Å². The molecule has 0 rings (SSSR count). The van der Waals surface area contributed by atoms with Crippen LogP contribution in [0.4, 0.5) is 0 Å². The molecule has 162 valence electrons. The second-order valence-electron chi connectivity index (χ2n) is 8.28. The molecule has 1 atom stereocenters. The van der Waals surface area contributed by atoms with Crippen molar-refractivity contribution in [3.05, 3.63) is 0 Å². The van der Waals surface area contributed by atoms with Gasteiger partial charge in [-0.25, -0.2) is 0 Å². The maximum absolute atomic E-state index is 13.0. The van der Waals surface area contributed by atoms with E-state index in [0.29, 0.717) is 12.5 Å². The van der Waals surface area contributed by atoms with E-state index in [9.17, 15) is 4.79 Å². The molecule has 2 N–H and O–H groups in total. The lowest BCUT2D eigenvalue weighted by Crippen LogP contribution is -2.38. The van der Waals surface area contributed by atoms with Crippen molar-refractivity contribution in [3.8, 4) is 0 Å². The molecule has 0 aromatic rings. The average Bonchev–Trinajstić information content (AvgIpc) is 2.68. The van der Waals surface area contributed by atoms with Crippen molar-refractivity contribution in [1.82, 2.24) is 4.90 Å². The molecule has 1 unspecified atom stereocenters. The van der Waals surface area contributed by atoms with Crippen molar-refractivity contribution in [3.63, 3.8) is 0 Å². The minimum atomic E-state index is 0.151. The molecular weight excluding hydrogens is 332 g/mol. The second-order valence-corrected chi connectivity index (χ2v) is 8.28. The van der Waals surface area contributed by atoms with Crippen molar-refractivity contribution in [1.29, 1.82) is 0 Å². The third-order valence-corrected chi connectivity index (χ3v) is 5.65. The summed E-state index contributed by atoms with van der Waals surface area (Å²) in [6.45, 7) is 9.15. The summed E-state index contributed by atoms with van der Waals surface area (Å²) in [4.78, 5) is 15.1. The molecule has 0 aliphatic rings. The minimum absolute atomic E-state index is 0.151. The van der Waals surface area contributed by atoms with Crippen molar-refractivity contribution in [2.24, 2.45) is 11.7 Å². The molecule has 0 aliphatic heterocycles. The van der Waals surface area contributed by atoms with E-state index >= 15 is 0 Å². The van der Waals surface area contributed by atoms with Gasteiger partial charge < -0.3 is 10.6 Å². The molecule has 3 nitrogen and oxygen atoms in total. The molecule has 0 saturated heterocycles. The summed E-state index contributed by atoms with van der Waals surface area (Å²) in [7, 11) is 0. The normalized spacial score (nSPS) is 12.3. The molecule has 0 aromatic carbocycles. The topological polar surface area (TPSA) is 46.3 Å². The summed E-state index contributed by atoms with van der Waals surface area (Å²) >= 11 is 0. The van der Waals surface area contributed by atoms with Crippen LogP contribution in [0.25, 0.3) is 0 Å². The average molecular weight is 383 g/mol. The Balaban J connectivity index is 4.08. The summed E-state index contributed by atoms with van der Waals surface area (Å²) in [5, 5.41) is 0. The number of rotatable bonds is 20. The van der Waals surface area contributed by atoms with E-state index in [1.165, 1.54) is 64.2 Å². The van der Waals surface area contributed by atoms with E-state index in [2.05, 4.69) is 25.7 Å². The van der Waals surface area contributed by atoms with Gasteiger partial charge in [0.1, 0.15) is 0 Å². The molecule has 0 heterocycles. The number of nitrogens with zero attached hydrogens (tertiary/aromatic N) is 1. The van der Waals surface area contributed by atoms with Crippen LogP contribution < -0.4 is 5.73 Å². The highest BCUT2D eigenvalue weighted by atomic mass is 16.2. The number of amides is 1. The summed E-state index contributed by atoms with van der Waals surface area (Å²) in [5.41, 5.74) is 5.82. The van der Waals surface area contributed by atoms with Crippen LogP contribution in [-0.2, 0) is 4.79 Å². The molecule has 1 amide bonds. The van der Waals surface area contributed by atoms with E-state index in [4.69, 9.17) is 5.73 Å². The van der Waals surface area contributed by atoms with Gasteiger partial charge in [0.25, 0.3) is 0 Å². The number of carbonyl (C=O) groups excluding carboxylic acids is 1. The summed E-state index contributed by atoms with van der Waals surface area (Å²) < 4.78 is 0. The SMILES string of the molecule is CCCCCCCCCCCCC(CCN)C(=O)N(CCCC)CCCC. The highest BCUT2D eigenvalue weighted by molar-refractivity contribution is 5.78. The van der Waals surface area contributed by atoms with Crippen LogP contribution >= 0.6 is 0 Å². The highest BCUT2D eigenvalue weighted by Crippen LogP contribution is 2.19. The Kier molecular flexibility index (Phi) is 19.7. The Labute approximate surface area is 170 Å². The molecule has 27 heavy (non-hydrogen) atoms. The summed E-state index contributed by atoms with van der Waals surface area (Å²) in [5.74, 6) is 0.524. The number of unbranched alkanes of at least 4 members (excludes halogenated alkanes) is 11. The second kappa shape index (κ2) is 20.2. The van der Waals surface area contributed by atoms with Crippen molar-refractivity contribution < 1.29 is 4.79 Å². The van der Waals surface area contributed by atoms with Gasteiger partial charge in [0.2, 0.25) is 5.91 Å². The van der Waals surface area contributed by atoms with Gasteiger partial charge in [-0.1, -0.05) is 97.8 Å². The van der Waals surface area contributed by atoms with Crippen LogP contribution in [0.15, 0.2) is 0 Å². The third kappa shape index (κ3) is 15.1. The predicted molar refractivity (Wildman–Crippen MR) is 120 cm³/mol. The first-order valence-electron chi connectivity index (χ1n) is 12.2. The maximum atomic E-state index is 13.0. The lowest BCUT2D eigenvalue weighted by atomic mass is 9.95. The Morgan fingerprint density at radius 2 is 1.11 bits per heavy atom. The fourth-order valence-electron chi connectivity index (χ4n) is 3.76. The van der Waals surface area contributed by atoms with Gasteiger partial charge in [0.05, 0.1) is 0 Å². The smallest absolute Gasteiger partial charge is 0.225 e. The summed E-state index contributed by atoms with van der Waals surface area (Å²) in [6, 6.07) is 0. The van der Waals surface area contributed by atoms with Crippen LogP contribution in [0.2, 0.25) is 0 Å². The standard InChI is InChI=1S/C24H50N2O/c1-4-7-10-11-12-13-14-15-16-17-18-23(19-20-25)24(27)26(21-8-5-2)22-9-6-3/h23H,4-22,25H2,1-3H3. The number of hydrogen-bond donors (Lipinski definition) is 1. The van der Waals surface area contributed by atoms with Gasteiger partial charge in [0.15, 0.2) is 0 Å². The first-order chi connectivity index (χ1) is 13.2. The van der Waals surface area contributed by atoms with Gasteiger partial charge in [0, 0.05) is 19.0 Å². The Morgan fingerprint density at radius 3 is 1.56 bits per heavy atom. The predicted octanol–water partition coefficient (Wildman–Crippen LogP) is 6.69. The molecule has 0 aliphatic carbocycles. The molecule has 0 aromatic heterocycles. The van der Waals surface area contributed by atoms with Gasteiger partial charge in [-0.3, -0.25) is 4.79 Å². The molecule has 0 bridgehead atoms. The van der Waals surface area contributed by atoms with Gasteiger partial charge in [-0.2, -0.15) is 0 Å². The van der Waals surface area contributed by atoms with Crippen LogP contribution in [0, 0.1) is 5.92 Å². The van der Waals surface area contributed by atoms with E-state index in [1.807, 2.05) is 0 Å². The first kappa shape index (κ1) is 26.4. The lowest BCUT2D eigenvalue weighted by molar-refractivity contribution is -0.136. The van der Waals surface area contributed by atoms with Gasteiger partial charge in [-0.15, -0.1) is 0 Å². The van der Waals surface area contributed by atoms with Crippen LogP contribution in [0.1, 0.15) is 124 Å². The van der Waals surface area contributed by atoms with Gasteiger partial charge >= 0.3 is 0 Å². The van der Waals surface area contributed by atoms with E-state index in [0.717, 1.165) is 51.6 Å².